The second-order valence-electron chi connectivity index (χ2n) is 4.77. The molecule has 0 saturated carbocycles. The van der Waals surface area contributed by atoms with E-state index in [2.05, 4.69) is 42.6 Å². The second kappa shape index (κ2) is 5.57. The summed E-state index contributed by atoms with van der Waals surface area (Å²) in [5.41, 5.74) is 2.85. The fourth-order valence-corrected chi connectivity index (χ4v) is 2.13. The predicted molar refractivity (Wildman–Crippen MR) is 78.2 cm³/mol. The molecule has 0 radical (unpaired) electrons. The van der Waals surface area contributed by atoms with Crippen molar-refractivity contribution in [1.29, 1.82) is 0 Å². The number of halogens is 2. The van der Waals surface area contributed by atoms with Crippen molar-refractivity contribution in [2.75, 3.05) is 0 Å². The SMILES string of the molecule is Cc1cc(C=Nc2ccc(F)c(Cl)c2)cn1C(C)C. The lowest BCUT2D eigenvalue weighted by Crippen LogP contribution is -2.00. The number of hydrogen-bond donors (Lipinski definition) is 0. The van der Waals surface area contributed by atoms with Gasteiger partial charge in [0.05, 0.1) is 10.7 Å². The Morgan fingerprint density at radius 3 is 2.63 bits per heavy atom. The van der Waals surface area contributed by atoms with Crippen molar-refractivity contribution in [1.82, 2.24) is 4.57 Å². The Morgan fingerprint density at radius 1 is 1.32 bits per heavy atom. The van der Waals surface area contributed by atoms with Gasteiger partial charge in [-0.2, -0.15) is 0 Å². The molecule has 1 heterocycles. The fraction of sp³-hybridized carbons (Fsp3) is 0.267. The van der Waals surface area contributed by atoms with Gasteiger partial charge >= 0.3 is 0 Å². The molecule has 0 aliphatic rings. The molecule has 19 heavy (non-hydrogen) atoms. The third-order valence-corrected chi connectivity index (χ3v) is 3.18. The number of nitrogens with zero attached hydrogens (tertiary/aromatic N) is 2. The summed E-state index contributed by atoms with van der Waals surface area (Å²) in [7, 11) is 0. The number of aromatic nitrogens is 1. The molecular formula is C15H16ClFN2. The molecule has 0 bridgehead atoms. The van der Waals surface area contributed by atoms with Gasteiger partial charge in [0.2, 0.25) is 0 Å². The van der Waals surface area contributed by atoms with E-state index in [9.17, 15) is 4.39 Å². The van der Waals surface area contributed by atoms with Gasteiger partial charge in [-0.05, 0) is 45.0 Å². The molecular weight excluding hydrogens is 263 g/mol. The van der Waals surface area contributed by atoms with Crippen molar-refractivity contribution in [2.24, 2.45) is 4.99 Å². The van der Waals surface area contributed by atoms with Gasteiger partial charge in [-0.3, -0.25) is 4.99 Å². The average Bonchev–Trinajstić information content (AvgIpc) is 2.72. The van der Waals surface area contributed by atoms with Gasteiger partial charge in [-0.1, -0.05) is 11.6 Å². The monoisotopic (exact) mass is 278 g/mol. The fourth-order valence-electron chi connectivity index (χ4n) is 1.96. The van der Waals surface area contributed by atoms with Crippen LogP contribution in [0.3, 0.4) is 0 Å². The van der Waals surface area contributed by atoms with E-state index in [0.717, 1.165) is 5.56 Å². The molecule has 2 rings (SSSR count). The minimum atomic E-state index is -0.428. The molecule has 0 aliphatic heterocycles. The Bertz CT molecular complexity index is 615. The van der Waals surface area contributed by atoms with Crippen molar-refractivity contribution < 1.29 is 4.39 Å². The van der Waals surface area contributed by atoms with E-state index in [4.69, 9.17) is 11.6 Å². The molecule has 0 unspecified atom stereocenters. The highest BCUT2D eigenvalue weighted by Crippen LogP contribution is 2.21. The zero-order valence-corrected chi connectivity index (χ0v) is 11.9. The number of benzene rings is 1. The maximum atomic E-state index is 13.0. The van der Waals surface area contributed by atoms with Crippen LogP contribution < -0.4 is 0 Å². The van der Waals surface area contributed by atoms with Crippen LogP contribution in [0.2, 0.25) is 5.02 Å². The summed E-state index contributed by atoms with van der Waals surface area (Å²) >= 11 is 5.71. The van der Waals surface area contributed by atoms with Crippen LogP contribution in [0, 0.1) is 12.7 Å². The van der Waals surface area contributed by atoms with Crippen LogP contribution in [0.4, 0.5) is 10.1 Å². The minimum Gasteiger partial charge on any atom is -0.349 e. The summed E-state index contributed by atoms with van der Waals surface area (Å²) in [5, 5.41) is 0.0885. The highest BCUT2D eigenvalue weighted by atomic mass is 35.5. The van der Waals surface area contributed by atoms with Gasteiger partial charge in [-0.25, -0.2) is 4.39 Å². The Kier molecular flexibility index (Phi) is 4.05. The normalized spacial score (nSPS) is 11.7. The molecule has 2 aromatic rings. The number of hydrogen-bond acceptors (Lipinski definition) is 1. The van der Waals surface area contributed by atoms with E-state index >= 15 is 0 Å². The van der Waals surface area contributed by atoms with Crippen LogP contribution >= 0.6 is 11.6 Å². The van der Waals surface area contributed by atoms with Crippen molar-refractivity contribution in [3.05, 3.63) is 52.6 Å². The molecule has 4 heteroatoms. The topological polar surface area (TPSA) is 17.3 Å². The molecule has 100 valence electrons. The summed E-state index contributed by atoms with van der Waals surface area (Å²) < 4.78 is 15.2. The molecule has 0 saturated heterocycles. The number of aliphatic imine (C=N–C) groups is 1. The molecule has 0 aliphatic carbocycles. The quantitative estimate of drug-likeness (QED) is 0.709. The van der Waals surface area contributed by atoms with Crippen LogP contribution in [0.15, 0.2) is 35.5 Å². The lowest BCUT2D eigenvalue weighted by Gasteiger charge is -2.08. The van der Waals surface area contributed by atoms with Crippen molar-refractivity contribution >= 4 is 23.5 Å². The van der Waals surface area contributed by atoms with E-state index in [1.165, 1.54) is 17.8 Å². The Labute approximate surface area is 117 Å². The first-order valence-electron chi connectivity index (χ1n) is 6.15. The summed E-state index contributed by atoms with van der Waals surface area (Å²) in [6.45, 7) is 6.33. The molecule has 0 N–H and O–H groups in total. The maximum Gasteiger partial charge on any atom is 0.141 e. The molecule has 0 spiro atoms. The smallest absolute Gasteiger partial charge is 0.141 e. The van der Waals surface area contributed by atoms with E-state index in [-0.39, 0.29) is 5.02 Å². The first-order valence-corrected chi connectivity index (χ1v) is 6.53. The van der Waals surface area contributed by atoms with Gasteiger partial charge in [0.25, 0.3) is 0 Å². The first kappa shape index (κ1) is 13.8. The molecule has 1 aromatic carbocycles. The first-order chi connectivity index (χ1) is 8.97. The third kappa shape index (κ3) is 3.24. The van der Waals surface area contributed by atoms with E-state index in [1.54, 1.807) is 12.3 Å². The van der Waals surface area contributed by atoms with Gasteiger partial charge in [0, 0.05) is 29.7 Å². The van der Waals surface area contributed by atoms with Gasteiger partial charge in [-0.15, -0.1) is 0 Å². The van der Waals surface area contributed by atoms with Crippen LogP contribution in [-0.4, -0.2) is 10.8 Å². The predicted octanol–water partition coefficient (Wildman–Crippen LogP) is 4.92. The van der Waals surface area contributed by atoms with Crippen LogP contribution in [-0.2, 0) is 0 Å². The Morgan fingerprint density at radius 2 is 2.05 bits per heavy atom. The van der Waals surface area contributed by atoms with E-state index < -0.39 is 5.82 Å². The highest BCUT2D eigenvalue weighted by molar-refractivity contribution is 6.31. The second-order valence-corrected chi connectivity index (χ2v) is 5.18. The zero-order chi connectivity index (χ0) is 14.0. The Hall–Kier alpha value is -1.61. The summed E-state index contributed by atoms with van der Waals surface area (Å²) in [5.74, 6) is -0.428. The summed E-state index contributed by atoms with van der Waals surface area (Å²) in [6, 6.07) is 6.92. The number of rotatable bonds is 3. The third-order valence-electron chi connectivity index (χ3n) is 2.89. The lowest BCUT2D eigenvalue weighted by atomic mass is 10.3. The Balaban J connectivity index is 2.22. The van der Waals surface area contributed by atoms with Gasteiger partial charge in [0.1, 0.15) is 5.82 Å². The van der Waals surface area contributed by atoms with Crippen molar-refractivity contribution in [2.45, 2.75) is 26.8 Å². The minimum absolute atomic E-state index is 0.0885. The van der Waals surface area contributed by atoms with E-state index in [1.807, 2.05) is 0 Å². The molecule has 0 atom stereocenters. The largest absolute Gasteiger partial charge is 0.349 e. The van der Waals surface area contributed by atoms with Crippen LogP contribution in [0.5, 0.6) is 0 Å². The summed E-state index contributed by atoms with van der Waals surface area (Å²) in [6.07, 6.45) is 3.81. The van der Waals surface area contributed by atoms with Crippen LogP contribution in [0.25, 0.3) is 0 Å². The van der Waals surface area contributed by atoms with Crippen molar-refractivity contribution in [3.63, 3.8) is 0 Å². The summed E-state index contributed by atoms with van der Waals surface area (Å²) in [4.78, 5) is 4.30. The lowest BCUT2D eigenvalue weighted by molar-refractivity contribution is 0.589. The molecule has 1 aromatic heterocycles. The molecule has 2 nitrogen and oxygen atoms in total. The molecule has 0 fully saturated rings. The average molecular weight is 279 g/mol. The van der Waals surface area contributed by atoms with Gasteiger partial charge in [0.15, 0.2) is 0 Å². The maximum absolute atomic E-state index is 13.0. The van der Waals surface area contributed by atoms with E-state index in [0.29, 0.717) is 11.7 Å². The standard InChI is InChI=1S/C15H16ClFN2/c1-10(2)19-9-12(6-11(19)3)8-18-13-4-5-15(17)14(16)7-13/h4-10H,1-3H3. The van der Waals surface area contributed by atoms with Gasteiger partial charge < -0.3 is 4.57 Å². The zero-order valence-electron chi connectivity index (χ0n) is 11.2. The van der Waals surface area contributed by atoms with Crippen LogP contribution in [0.1, 0.15) is 31.1 Å². The van der Waals surface area contributed by atoms with Crippen molar-refractivity contribution in [3.8, 4) is 0 Å². The number of aryl methyl sites for hydroxylation is 1. The highest BCUT2D eigenvalue weighted by Gasteiger charge is 2.03. The molecule has 0 amide bonds.